The van der Waals surface area contributed by atoms with Gasteiger partial charge in [-0.3, -0.25) is 4.79 Å². The second-order valence-corrected chi connectivity index (χ2v) is 5.54. The van der Waals surface area contributed by atoms with Crippen molar-refractivity contribution in [1.29, 1.82) is 0 Å². The maximum atomic E-state index is 11.1. The van der Waals surface area contributed by atoms with E-state index in [0.717, 1.165) is 35.5 Å². The molecule has 0 N–H and O–H groups in total. The highest BCUT2D eigenvalue weighted by atomic mass is 35.5. The Balaban J connectivity index is 2.23. The maximum absolute atomic E-state index is 11.1. The van der Waals surface area contributed by atoms with Gasteiger partial charge in [0.25, 0.3) is 0 Å². The van der Waals surface area contributed by atoms with E-state index in [-0.39, 0.29) is 5.78 Å². The lowest BCUT2D eigenvalue weighted by Gasteiger charge is -2.07. The molecule has 0 saturated carbocycles. The van der Waals surface area contributed by atoms with Gasteiger partial charge in [-0.1, -0.05) is 17.3 Å². The van der Waals surface area contributed by atoms with Crippen LogP contribution in [0.4, 0.5) is 0 Å². The molecule has 0 aliphatic carbocycles. The summed E-state index contributed by atoms with van der Waals surface area (Å²) >= 11 is 5.81. The van der Waals surface area contributed by atoms with Gasteiger partial charge >= 0.3 is 0 Å². The Hall–Kier alpha value is -2.14. The molecular weight excluding hydrogens is 314 g/mol. The lowest BCUT2D eigenvalue weighted by atomic mass is 10.1. The molecule has 0 amide bonds. The monoisotopic (exact) mass is 333 g/mol. The van der Waals surface area contributed by atoms with Crippen molar-refractivity contribution in [2.45, 2.75) is 26.3 Å². The van der Waals surface area contributed by atoms with Crippen LogP contribution in [0.1, 0.15) is 30.3 Å². The van der Waals surface area contributed by atoms with E-state index in [1.807, 2.05) is 28.9 Å². The summed E-state index contributed by atoms with van der Waals surface area (Å²) in [5, 5.41) is 8.39. The van der Waals surface area contributed by atoms with E-state index in [1.54, 1.807) is 13.2 Å². The van der Waals surface area contributed by atoms with E-state index in [9.17, 15) is 4.79 Å². The summed E-state index contributed by atoms with van der Waals surface area (Å²) in [5.41, 5.74) is 2.81. The van der Waals surface area contributed by atoms with Crippen molar-refractivity contribution >= 4 is 23.5 Å². The van der Waals surface area contributed by atoms with Crippen LogP contribution in [0, 0.1) is 0 Å². The normalized spacial score (nSPS) is 11.1. The average Bonchev–Trinajstić information content (AvgIpc) is 2.93. The van der Waals surface area contributed by atoms with Crippen LogP contribution < -0.4 is 4.74 Å². The Kier molecular flexibility index (Phi) is 6.35. The molecule has 0 bridgehead atoms. The third kappa shape index (κ3) is 4.93. The summed E-state index contributed by atoms with van der Waals surface area (Å²) in [6.45, 7) is 2.12. The zero-order chi connectivity index (χ0) is 16.7. The summed E-state index contributed by atoms with van der Waals surface area (Å²) in [6, 6.07) is 7.83. The fourth-order valence-electron chi connectivity index (χ4n) is 2.19. The number of hydrogen-bond acceptors (Lipinski definition) is 4. The Bertz CT molecular complexity index is 678. The Labute approximate surface area is 140 Å². The molecule has 23 heavy (non-hydrogen) atoms. The molecule has 0 aliphatic rings. The predicted octanol–water partition coefficient (Wildman–Crippen LogP) is 3.11. The number of aromatic nitrogens is 3. The largest absolute Gasteiger partial charge is 0.497 e. The number of nitrogens with zero attached hydrogens (tertiary/aromatic N) is 3. The highest BCUT2D eigenvalue weighted by Gasteiger charge is 2.11. The molecule has 1 aromatic heterocycles. The molecule has 6 heteroatoms. The highest BCUT2D eigenvalue weighted by molar-refractivity contribution is 6.17. The molecule has 5 nitrogen and oxygen atoms in total. The Morgan fingerprint density at radius 1 is 1.35 bits per heavy atom. The van der Waals surface area contributed by atoms with Crippen molar-refractivity contribution in [3.63, 3.8) is 0 Å². The van der Waals surface area contributed by atoms with Gasteiger partial charge in [0.2, 0.25) is 0 Å². The first-order valence-corrected chi connectivity index (χ1v) is 7.97. The fraction of sp³-hybridized carbons (Fsp3) is 0.353. The smallest absolute Gasteiger partial charge is 0.152 e. The van der Waals surface area contributed by atoms with E-state index in [1.165, 1.54) is 13.0 Å². The molecule has 0 spiro atoms. The molecule has 122 valence electrons. The summed E-state index contributed by atoms with van der Waals surface area (Å²) in [4.78, 5) is 11.1. The topological polar surface area (TPSA) is 57.0 Å². The number of rotatable bonds is 8. The van der Waals surface area contributed by atoms with Crippen molar-refractivity contribution in [1.82, 2.24) is 15.0 Å². The van der Waals surface area contributed by atoms with Crippen molar-refractivity contribution in [2.75, 3.05) is 13.0 Å². The molecule has 0 radical (unpaired) electrons. The number of alkyl halides is 1. The minimum atomic E-state index is -0.0157. The van der Waals surface area contributed by atoms with Gasteiger partial charge in [0.05, 0.1) is 19.3 Å². The van der Waals surface area contributed by atoms with Crippen LogP contribution in [0.25, 0.3) is 6.08 Å². The minimum Gasteiger partial charge on any atom is -0.497 e. The molecule has 2 aromatic rings. The third-order valence-electron chi connectivity index (χ3n) is 3.38. The number of ketones is 1. The van der Waals surface area contributed by atoms with E-state index in [4.69, 9.17) is 16.3 Å². The molecule has 1 heterocycles. The number of benzene rings is 1. The van der Waals surface area contributed by atoms with Gasteiger partial charge < -0.3 is 4.74 Å². The first-order chi connectivity index (χ1) is 11.1. The van der Waals surface area contributed by atoms with E-state index < -0.39 is 0 Å². The first-order valence-electron chi connectivity index (χ1n) is 7.44. The van der Waals surface area contributed by atoms with Crippen LogP contribution in [0.3, 0.4) is 0 Å². The summed E-state index contributed by atoms with van der Waals surface area (Å²) in [7, 11) is 1.64. The fourth-order valence-corrected chi connectivity index (χ4v) is 2.33. The quantitative estimate of drug-likeness (QED) is 0.550. The second-order valence-electron chi connectivity index (χ2n) is 5.16. The molecular formula is C17H20ClN3O2. The van der Waals surface area contributed by atoms with Crippen LogP contribution in [0.5, 0.6) is 5.75 Å². The lowest BCUT2D eigenvalue weighted by Crippen LogP contribution is -2.07. The molecule has 0 unspecified atom stereocenters. The Morgan fingerprint density at radius 2 is 2.09 bits per heavy atom. The van der Waals surface area contributed by atoms with Crippen molar-refractivity contribution in [2.24, 2.45) is 0 Å². The van der Waals surface area contributed by atoms with Crippen LogP contribution in [0.2, 0.25) is 0 Å². The van der Waals surface area contributed by atoms with Gasteiger partial charge in [-0.25, -0.2) is 4.68 Å². The number of hydrogen-bond donors (Lipinski definition) is 0. The van der Waals surface area contributed by atoms with Gasteiger partial charge in [0, 0.05) is 5.88 Å². The molecule has 0 saturated heterocycles. The number of carbonyl (C=O) groups excluding carboxylic acids is 1. The Morgan fingerprint density at radius 3 is 2.70 bits per heavy atom. The van der Waals surface area contributed by atoms with Crippen molar-refractivity contribution in [3.05, 3.63) is 47.3 Å². The van der Waals surface area contributed by atoms with Crippen LogP contribution >= 0.6 is 11.6 Å². The van der Waals surface area contributed by atoms with E-state index in [2.05, 4.69) is 10.3 Å². The van der Waals surface area contributed by atoms with Crippen molar-refractivity contribution < 1.29 is 9.53 Å². The molecule has 0 aliphatic heterocycles. The van der Waals surface area contributed by atoms with Gasteiger partial charge in [0.15, 0.2) is 5.78 Å². The summed E-state index contributed by atoms with van der Waals surface area (Å²) in [5.74, 6) is 1.38. The SMILES string of the molecule is COc1ccc(Cn2nnc(/C=C/C(C)=O)c2CCCCl)cc1. The minimum absolute atomic E-state index is 0.0157. The lowest BCUT2D eigenvalue weighted by molar-refractivity contribution is -0.112. The number of ether oxygens (including phenoxy) is 1. The third-order valence-corrected chi connectivity index (χ3v) is 3.65. The zero-order valence-corrected chi connectivity index (χ0v) is 14.1. The maximum Gasteiger partial charge on any atom is 0.152 e. The molecule has 0 atom stereocenters. The predicted molar refractivity (Wildman–Crippen MR) is 90.9 cm³/mol. The van der Waals surface area contributed by atoms with Gasteiger partial charge in [-0.15, -0.1) is 16.7 Å². The summed E-state index contributed by atoms with van der Waals surface area (Å²) in [6.07, 6.45) is 4.82. The van der Waals surface area contributed by atoms with Crippen LogP contribution in [-0.2, 0) is 17.8 Å². The van der Waals surface area contributed by atoms with Crippen LogP contribution in [0.15, 0.2) is 30.3 Å². The number of allylic oxidation sites excluding steroid dienone is 1. The first kappa shape index (κ1) is 17.2. The molecule has 2 rings (SSSR count). The van der Waals surface area contributed by atoms with E-state index >= 15 is 0 Å². The van der Waals surface area contributed by atoms with Crippen LogP contribution in [-0.4, -0.2) is 33.8 Å². The van der Waals surface area contributed by atoms with Gasteiger partial charge in [-0.2, -0.15) is 0 Å². The highest BCUT2D eigenvalue weighted by Crippen LogP contribution is 2.16. The average molecular weight is 334 g/mol. The van der Waals surface area contributed by atoms with Gasteiger partial charge in [0.1, 0.15) is 11.4 Å². The standard InChI is InChI=1S/C17H20ClN3O2/c1-13(22)5-10-16-17(4-3-11-18)21(20-19-16)12-14-6-8-15(23-2)9-7-14/h5-10H,3-4,11-12H2,1-2H3/b10-5+. The second kappa shape index (κ2) is 8.48. The van der Waals surface area contributed by atoms with E-state index in [0.29, 0.717) is 12.4 Å². The number of carbonyl (C=O) groups is 1. The van der Waals surface area contributed by atoms with Crippen molar-refractivity contribution in [3.8, 4) is 5.75 Å². The number of methoxy groups -OCH3 is 1. The molecule has 0 fully saturated rings. The van der Waals surface area contributed by atoms with Gasteiger partial charge in [-0.05, 0) is 49.6 Å². The zero-order valence-electron chi connectivity index (χ0n) is 13.3. The number of halogens is 1. The summed E-state index contributed by atoms with van der Waals surface area (Å²) < 4.78 is 7.02. The molecule has 1 aromatic carbocycles.